The van der Waals surface area contributed by atoms with Gasteiger partial charge in [-0.25, -0.2) is 4.39 Å². The van der Waals surface area contributed by atoms with Gasteiger partial charge in [-0.05, 0) is 29.0 Å². The third kappa shape index (κ3) is 4.13. The maximum absolute atomic E-state index is 12.8. The van der Waals surface area contributed by atoms with Crippen LogP contribution in [0.25, 0.3) is 0 Å². The van der Waals surface area contributed by atoms with Gasteiger partial charge in [0.15, 0.2) is 5.78 Å². The summed E-state index contributed by atoms with van der Waals surface area (Å²) >= 11 is 0. The summed E-state index contributed by atoms with van der Waals surface area (Å²) < 4.78 is 12.8. The number of halogens is 1. The number of rotatable bonds is 4. The molecular formula is C17H22FNO2. The average molecular weight is 291 g/mol. The summed E-state index contributed by atoms with van der Waals surface area (Å²) in [6.07, 6.45) is 0.761. The minimum Gasteiger partial charge on any atom is -0.335 e. The van der Waals surface area contributed by atoms with Gasteiger partial charge >= 0.3 is 0 Å². The molecular weight excluding hydrogens is 269 g/mol. The molecule has 0 spiro atoms. The summed E-state index contributed by atoms with van der Waals surface area (Å²) in [6.45, 7) is 7.17. The van der Waals surface area contributed by atoms with Gasteiger partial charge in [0.25, 0.3) is 0 Å². The number of carbonyl (C=O) groups is 2. The second-order valence-corrected chi connectivity index (χ2v) is 6.88. The van der Waals surface area contributed by atoms with E-state index in [0.29, 0.717) is 18.9 Å². The summed E-state index contributed by atoms with van der Waals surface area (Å²) in [6, 6.07) is 5.91. The Labute approximate surface area is 125 Å². The Morgan fingerprint density at radius 2 is 1.90 bits per heavy atom. The molecule has 1 heterocycles. The standard InChI is InChI=1S/C17H22FNO2/c1-17(2,3)13-9-16(21)19(10-13)11-15(20)8-12-4-6-14(18)7-5-12/h4-7,13H,8-11H2,1-3H3. The van der Waals surface area contributed by atoms with Crippen LogP contribution in [0.5, 0.6) is 0 Å². The lowest BCUT2D eigenvalue weighted by molar-refractivity contribution is -0.132. The molecule has 0 bridgehead atoms. The fourth-order valence-corrected chi connectivity index (χ4v) is 2.60. The highest BCUT2D eigenvalue weighted by Crippen LogP contribution is 2.34. The molecule has 0 radical (unpaired) electrons. The Hall–Kier alpha value is -1.71. The van der Waals surface area contributed by atoms with Gasteiger partial charge in [0.1, 0.15) is 5.82 Å². The maximum atomic E-state index is 12.8. The van der Waals surface area contributed by atoms with Crippen molar-refractivity contribution in [1.82, 2.24) is 4.90 Å². The molecule has 1 fully saturated rings. The predicted octanol–water partition coefficient (Wildman–Crippen LogP) is 2.83. The average Bonchev–Trinajstić information content (AvgIpc) is 2.74. The number of likely N-dealkylation sites (tertiary alicyclic amines) is 1. The van der Waals surface area contributed by atoms with Crippen LogP contribution in [0.3, 0.4) is 0 Å². The van der Waals surface area contributed by atoms with E-state index < -0.39 is 0 Å². The van der Waals surface area contributed by atoms with Crippen LogP contribution in [0.2, 0.25) is 0 Å². The first kappa shape index (κ1) is 15.7. The molecule has 0 saturated carbocycles. The van der Waals surface area contributed by atoms with E-state index in [4.69, 9.17) is 0 Å². The maximum Gasteiger partial charge on any atom is 0.223 e. The number of ketones is 1. The van der Waals surface area contributed by atoms with Crippen molar-refractivity contribution in [3.63, 3.8) is 0 Å². The van der Waals surface area contributed by atoms with Crippen LogP contribution in [0.15, 0.2) is 24.3 Å². The zero-order valence-electron chi connectivity index (χ0n) is 12.9. The summed E-state index contributed by atoms with van der Waals surface area (Å²) in [4.78, 5) is 25.7. The molecule has 3 nitrogen and oxygen atoms in total. The van der Waals surface area contributed by atoms with Gasteiger partial charge in [-0.1, -0.05) is 32.9 Å². The van der Waals surface area contributed by atoms with E-state index in [1.54, 1.807) is 17.0 Å². The lowest BCUT2D eigenvalue weighted by Crippen LogP contribution is -2.33. The lowest BCUT2D eigenvalue weighted by atomic mass is 9.80. The van der Waals surface area contributed by atoms with Gasteiger partial charge in [-0.2, -0.15) is 0 Å². The first-order valence-corrected chi connectivity index (χ1v) is 7.29. The van der Waals surface area contributed by atoms with Crippen LogP contribution in [0.4, 0.5) is 4.39 Å². The van der Waals surface area contributed by atoms with Crippen molar-refractivity contribution in [2.75, 3.05) is 13.1 Å². The lowest BCUT2D eigenvalue weighted by Gasteiger charge is -2.26. The number of nitrogens with zero attached hydrogens (tertiary/aromatic N) is 1. The molecule has 0 N–H and O–H groups in total. The molecule has 1 unspecified atom stereocenters. The third-order valence-corrected chi connectivity index (χ3v) is 4.12. The van der Waals surface area contributed by atoms with Gasteiger partial charge in [-0.3, -0.25) is 9.59 Å². The van der Waals surface area contributed by atoms with E-state index in [1.165, 1.54) is 12.1 Å². The van der Waals surface area contributed by atoms with Gasteiger partial charge in [0, 0.05) is 19.4 Å². The van der Waals surface area contributed by atoms with Crippen LogP contribution in [0.1, 0.15) is 32.8 Å². The van der Waals surface area contributed by atoms with Gasteiger partial charge in [-0.15, -0.1) is 0 Å². The molecule has 1 aromatic carbocycles. The summed E-state index contributed by atoms with van der Waals surface area (Å²) in [7, 11) is 0. The van der Waals surface area contributed by atoms with E-state index in [-0.39, 0.29) is 35.9 Å². The first-order chi connectivity index (χ1) is 9.75. The molecule has 1 aromatic rings. The number of hydrogen-bond donors (Lipinski definition) is 0. The van der Waals surface area contributed by atoms with Crippen LogP contribution in [-0.2, 0) is 16.0 Å². The van der Waals surface area contributed by atoms with E-state index in [2.05, 4.69) is 20.8 Å². The fraction of sp³-hybridized carbons (Fsp3) is 0.529. The number of Topliss-reactive ketones (excluding diaryl/α,β-unsaturated/α-hetero) is 1. The number of amides is 1. The molecule has 4 heteroatoms. The van der Waals surface area contributed by atoms with Crippen molar-refractivity contribution in [3.05, 3.63) is 35.6 Å². The van der Waals surface area contributed by atoms with Crippen molar-refractivity contribution in [2.45, 2.75) is 33.6 Å². The number of hydrogen-bond acceptors (Lipinski definition) is 2. The first-order valence-electron chi connectivity index (χ1n) is 7.29. The minimum atomic E-state index is -0.311. The third-order valence-electron chi connectivity index (χ3n) is 4.12. The second kappa shape index (κ2) is 5.96. The van der Waals surface area contributed by atoms with Crippen molar-refractivity contribution < 1.29 is 14.0 Å². The molecule has 114 valence electrons. The Morgan fingerprint density at radius 1 is 1.29 bits per heavy atom. The quantitative estimate of drug-likeness (QED) is 0.855. The highest BCUT2D eigenvalue weighted by molar-refractivity contribution is 5.88. The van der Waals surface area contributed by atoms with Crippen LogP contribution >= 0.6 is 0 Å². The number of benzene rings is 1. The van der Waals surface area contributed by atoms with E-state index in [0.717, 1.165) is 5.56 Å². The Morgan fingerprint density at radius 3 is 2.43 bits per heavy atom. The Bertz CT molecular complexity index is 531. The predicted molar refractivity (Wildman–Crippen MR) is 79.3 cm³/mol. The molecule has 0 aromatic heterocycles. The normalized spacial score (nSPS) is 19.1. The molecule has 1 saturated heterocycles. The molecule has 1 aliphatic rings. The monoisotopic (exact) mass is 291 g/mol. The van der Waals surface area contributed by atoms with Crippen molar-refractivity contribution >= 4 is 11.7 Å². The summed E-state index contributed by atoms with van der Waals surface area (Å²) in [5.74, 6) is 0.0319. The van der Waals surface area contributed by atoms with Gasteiger partial charge in [0.2, 0.25) is 5.91 Å². The minimum absolute atomic E-state index is 0.00971. The van der Waals surface area contributed by atoms with Crippen molar-refractivity contribution in [1.29, 1.82) is 0 Å². The topological polar surface area (TPSA) is 37.4 Å². The van der Waals surface area contributed by atoms with Gasteiger partial charge in [0.05, 0.1) is 6.54 Å². The Balaban J connectivity index is 1.91. The SMILES string of the molecule is CC(C)(C)C1CC(=O)N(CC(=O)Cc2ccc(F)cc2)C1. The fourth-order valence-electron chi connectivity index (χ4n) is 2.60. The highest BCUT2D eigenvalue weighted by Gasteiger charge is 2.37. The number of carbonyl (C=O) groups excluding carboxylic acids is 2. The Kier molecular flexibility index (Phi) is 4.45. The summed E-state index contributed by atoms with van der Waals surface area (Å²) in [5, 5.41) is 0. The van der Waals surface area contributed by atoms with Crippen molar-refractivity contribution in [3.8, 4) is 0 Å². The van der Waals surface area contributed by atoms with Crippen LogP contribution in [0, 0.1) is 17.2 Å². The molecule has 1 amide bonds. The van der Waals surface area contributed by atoms with Gasteiger partial charge < -0.3 is 4.90 Å². The van der Waals surface area contributed by atoms with E-state index in [1.807, 2.05) is 0 Å². The second-order valence-electron chi connectivity index (χ2n) is 6.88. The highest BCUT2D eigenvalue weighted by atomic mass is 19.1. The van der Waals surface area contributed by atoms with Crippen LogP contribution < -0.4 is 0 Å². The van der Waals surface area contributed by atoms with Crippen LogP contribution in [-0.4, -0.2) is 29.7 Å². The molecule has 1 aliphatic heterocycles. The zero-order valence-corrected chi connectivity index (χ0v) is 12.9. The molecule has 0 aliphatic carbocycles. The smallest absolute Gasteiger partial charge is 0.223 e. The van der Waals surface area contributed by atoms with E-state index in [9.17, 15) is 14.0 Å². The van der Waals surface area contributed by atoms with E-state index >= 15 is 0 Å². The largest absolute Gasteiger partial charge is 0.335 e. The van der Waals surface area contributed by atoms with Crippen molar-refractivity contribution in [2.24, 2.45) is 11.3 Å². The summed E-state index contributed by atoms with van der Waals surface area (Å²) in [5.41, 5.74) is 0.852. The molecule has 21 heavy (non-hydrogen) atoms. The molecule has 2 rings (SSSR count). The molecule has 1 atom stereocenters. The zero-order chi connectivity index (χ0) is 15.6.